The largest absolute Gasteiger partial charge is 0.492 e. The van der Waals surface area contributed by atoms with Crippen molar-refractivity contribution >= 4 is 45.9 Å². The van der Waals surface area contributed by atoms with Gasteiger partial charge in [0.25, 0.3) is 0 Å². The van der Waals surface area contributed by atoms with Gasteiger partial charge in [-0.1, -0.05) is 15.9 Å². The van der Waals surface area contributed by atoms with E-state index in [4.69, 9.17) is 14.2 Å². The van der Waals surface area contributed by atoms with Crippen LogP contribution in [0.3, 0.4) is 0 Å². The lowest BCUT2D eigenvalue weighted by Gasteiger charge is -2.12. The van der Waals surface area contributed by atoms with E-state index < -0.39 is 0 Å². The zero-order chi connectivity index (χ0) is 17.7. The Labute approximate surface area is 181 Å². The number of ether oxygens (including phenoxy) is 3. The van der Waals surface area contributed by atoms with Crippen LogP contribution < -0.4 is 15.4 Å². The Morgan fingerprint density at radius 3 is 2.77 bits per heavy atom. The maximum atomic E-state index is 5.74. The monoisotopic (exact) mass is 541 g/mol. The van der Waals surface area contributed by atoms with Crippen LogP contribution in [-0.2, 0) is 9.47 Å². The van der Waals surface area contributed by atoms with Gasteiger partial charge in [0.1, 0.15) is 12.4 Å². The van der Waals surface area contributed by atoms with E-state index in [1.165, 1.54) is 0 Å². The van der Waals surface area contributed by atoms with E-state index in [9.17, 15) is 0 Å². The third-order valence-corrected chi connectivity index (χ3v) is 4.16. The second-order valence-corrected chi connectivity index (χ2v) is 6.62. The molecule has 8 heteroatoms. The van der Waals surface area contributed by atoms with E-state index in [-0.39, 0.29) is 30.1 Å². The molecule has 1 heterocycles. The van der Waals surface area contributed by atoms with Gasteiger partial charge in [0.05, 0.1) is 19.3 Å². The van der Waals surface area contributed by atoms with Gasteiger partial charge >= 0.3 is 0 Å². The number of rotatable bonds is 10. The van der Waals surface area contributed by atoms with Gasteiger partial charge in [-0.25, -0.2) is 0 Å². The standard InChI is InChI=1S/C18H28BrN3O3.HI/c1-2-20-18(21-9-3-11-24-17-8-12-23-14-17)22-10-13-25-16-6-4-15(19)5-7-16;/h4-7,17H,2-3,8-14H2,1H3,(H2,20,21,22);1H. The van der Waals surface area contributed by atoms with Crippen LogP contribution in [0.5, 0.6) is 5.75 Å². The van der Waals surface area contributed by atoms with Crippen molar-refractivity contribution in [2.24, 2.45) is 4.99 Å². The normalized spacial score (nSPS) is 16.8. The fourth-order valence-electron chi connectivity index (χ4n) is 2.36. The smallest absolute Gasteiger partial charge is 0.191 e. The first-order chi connectivity index (χ1) is 12.3. The number of hydrogen-bond acceptors (Lipinski definition) is 4. The van der Waals surface area contributed by atoms with Gasteiger partial charge in [0.2, 0.25) is 0 Å². The molecule has 0 radical (unpaired) electrons. The molecule has 6 nitrogen and oxygen atoms in total. The van der Waals surface area contributed by atoms with Gasteiger partial charge in [0.15, 0.2) is 5.96 Å². The Morgan fingerprint density at radius 1 is 1.27 bits per heavy atom. The van der Waals surface area contributed by atoms with Crippen molar-refractivity contribution in [3.05, 3.63) is 28.7 Å². The summed E-state index contributed by atoms with van der Waals surface area (Å²) in [6.45, 7) is 7.16. The first-order valence-corrected chi connectivity index (χ1v) is 9.67. The highest BCUT2D eigenvalue weighted by Gasteiger charge is 2.15. The summed E-state index contributed by atoms with van der Waals surface area (Å²) < 4.78 is 17.8. The molecule has 0 aromatic heterocycles. The Hall–Kier alpha value is -0.580. The number of hydrogen-bond donors (Lipinski definition) is 2. The van der Waals surface area contributed by atoms with Gasteiger partial charge < -0.3 is 24.8 Å². The lowest BCUT2D eigenvalue weighted by atomic mass is 10.3. The Morgan fingerprint density at radius 2 is 2.08 bits per heavy atom. The minimum Gasteiger partial charge on any atom is -0.492 e. The van der Waals surface area contributed by atoms with E-state index in [1.54, 1.807) is 0 Å². The minimum absolute atomic E-state index is 0. The minimum atomic E-state index is 0. The molecule has 1 unspecified atom stereocenters. The summed E-state index contributed by atoms with van der Waals surface area (Å²) in [5, 5.41) is 6.52. The molecule has 1 aliphatic rings. The van der Waals surface area contributed by atoms with Crippen molar-refractivity contribution in [3.63, 3.8) is 0 Å². The number of guanidine groups is 1. The summed E-state index contributed by atoms with van der Waals surface area (Å²) in [5.41, 5.74) is 0. The molecule has 1 aliphatic heterocycles. The summed E-state index contributed by atoms with van der Waals surface area (Å²) in [4.78, 5) is 4.56. The van der Waals surface area contributed by atoms with Crippen LogP contribution in [-0.4, -0.2) is 58.1 Å². The molecular weight excluding hydrogens is 513 g/mol. The lowest BCUT2D eigenvalue weighted by molar-refractivity contribution is 0.0424. The molecule has 26 heavy (non-hydrogen) atoms. The fraction of sp³-hybridized carbons (Fsp3) is 0.611. The second-order valence-electron chi connectivity index (χ2n) is 5.70. The molecule has 148 valence electrons. The summed E-state index contributed by atoms with van der Waals surface area (Å²) in [6, 6.07) is 7.82. The van der Waals surface area contributed by atoms with E-state index in [0.29, 0.717) is 13.2 Å². The van der Waals surface area contributed by atoms with Crippen molar-refractivity contribution in [2.45, 2.75) is 25.9 Å². The average molecular weight is 542 g/mol. The van der Waals surface area contributed by atoms with E-state index in [2.05, 4.69) is 38.5 Å². The average Bonchev–Trinajstić information content (AvgIpc) is 3.13. The first-order valence-electron chi connectivity index (χ1n) is 8.88. The molecule has 0 spiro atoms. The predicted molar refractivity (Wildman–Crippen MR) is 119 cm³/mol. The molecule has 1 aromatic rings. The van der Waals surface area contributed by atoms with Gasteiger partial charge in [-0.05, 0) is 44.0 Å². The highest BCUT2D eigenvalue weighted by Crippen LogP contribution is 2.15. The molecule has 1 atom stereocenters. The van der Waals surface area contributed by atoms with Crippen LogP contribution in [0, 0.1) is 0 Å². The summed E-state index contributed by atoms with van der Waals surface area (Å²) in [6.07, 6.45) is 2.18. The maximum Gasteiger partial charge on any atom is 0.191 e. The van der Waals surface area contributed by atoms with Crippen LogP contribution in [0.4, 0.5) is 0 Å². The van der Waals surface area contributed by atoms with E-state index in [0.717, 1.165) is 61.9 Å². The zero-order valence-electron chi connectivity index (χ0n) is 15.2. The highest BCUT2D eigenvalue weighted by atomic mass is 127. The molecule has 1 fully saturated rings. The molecule has 0 aliphatic carbocycles. The maximum absolute atomic E-state index is 5.74. The van der Waals surface area contributed by atoms with Gasteiger partial charge in [-0.15, -0.1) is 24.0 Å². The van der Waals surface area contributed by atoms with E-state index in [1.807, 2.05) is 24.3 Å². The Bertz CT molecular complexity index is 511. The Kier molecular flexibility index (Phi) is 13.1. The summed E-state index contributed by atoms with van der Waals surface area (Å²) in [7, 11) is 0. The van der Waals surface area contributed by atoms with Crippen molar-refractivity contribution < 1.29 is 14.2 Å². The number of nitrogens with zero attached hydrogens (tertiary/aromatic N) is 1. The predicted octanol–water partition coefficient (Wildman–Crippen LogP) is 3.20. The van der Waals surface area contributed by atoms with Crippen molar-refractivity contribution in [1.29, 1.82) is 0 Å². The molecular formula is C18H29BrIN3O3. The van der Waals surface area contributed by atoms with Crippen LogP contribution in [0.15, 0.2) is 33.7 Å². The highest BCUT2D eigenvalue weighted by molar-refractivity contribution is 14.0. The van der Waals surface area contributed by atoms with Gasteiger partial charge in [0, 0.05) is 30.8 Å². The SMILES string of the molecule is CCNC(=NCCCOC1CCOC1)NCCOc1ccc(Br)cc1.I. The third kappa shape index (κ3) is 9.94. The third-order valence-electron chi connectivity index (χ3n) is 3.63. The second kappa shape index (κ2) is 14.5. The molecule has 0 amide bonds. The Balaban J connectivity index is 0.00000338. The lowest BCUT2D eigenvalue weighted by Crippen LogP contribution is -2.39. The van der Waals surface area contributed by atoms with Crippen LogP contribution in [0.1, 0.15) is 19.8 Å². The molecule has 2 rings (SSSR count). The summed E-state index contributed by atoms with van der Waals surface area (Å²) in [5.74, 6) is 1.67. The van der Waals surface area contributed by atoms with Crippen molar-refractivity contribution in [1.82, 2.24) is 10.6 Å². The number of aliphatic imine (C=N–C) groups is 1. The molecule has 2 N–H and O–H groups in total. The summed E-state index contributed by atoms with van der Waals surface area (Å²) >= 11 is 3.41. The topological polar surface area (TPSA) is 64.1 Å². The van der Waals surface area contributed by atoms with Crippen molar-refractivity contribution in [2.75, 3.05) is 46.1 Å². The zero-order valence-corrected chi connectivity index (χ0v) is 19.1. The van der Waals surface area contributed by atoms with Gasteiger partial charge in [-0.3, -0.25) is 4.99 Å². The molecule has 0 bridgehead atoms. The molecule has 1 saturated heterocycles. The first kappa shape index (κ1) is 23.5. The van der Waals surface area contributed by atoms with Crippen molar-refractivity contribution in [3.8, 4) is 5.75 Å². The van der Waals surface area contributed by atoms with Crippen LogP contribution in [0.2, 0.25) is 0 Å². The number of benzene rings is 1. The van der Waals surface area contributed by atoms with Gasteiger partial charge in [-0.2, -0.15) is 0 Å². The molecule has 1 aromatic carbocycles. The van der Waals surface area contributed by atoms with Crippen LogP contribution in [0.25, 0.3) is 0 Å². The molecule has 0 saturated carbocycles. The van der Waals surface area contributed by atoms with E-state index >= 15 is 0 Å². The fourth-order valence-corrected chi connectivity index (χ4v) is 2.62. The quantitative estimate of drug-likeness (QED) is 0.206. The van der Waals surface area contributed by atoms with Crippen LogP contribution >= 0.6 is 39.9 Å². The number of halogens is 2. The number of nitrogens with one attached hydrogen (secondary N) is 2.